The van der Waals surface area contributed by atoms with E-state index in [-0.39, 0.29) is 18.7 Å². The maximum absolute atomic E-state index is 11.9. The minimum atomic E-state index is -0.172. The van der Waals surface area contributed by atoms with Gasteiger partial charge in [0.25, 0.3) is 0 Å². The minimum Gasteiger partial charge on any atom is -0.394 e. The number of pyridine rings is 1. The molecule has 1 unspecified atom stereocenters. The smallest absolute Gasteiger partial charge is 0.315 e. The number of aliphatic hydroxyl groups excluding tert-OH is 1. The van der Waals surface area contributed by atoms with Crippen LogP contribution in [-0.4, -0.2) is 48.4 Å². The number of urea groups is 1. The van der Waals surface area contributed by atoms with Gasteiger partial charge in [0.2, 0.25) is 0 Å². The molecule has 0 aromatic carbocycles. The van der Waals surface area contributed by atoms with Gasteiger partial charge in [-0.1, -0.05) is 13.8 Å². The number of carbonyl (C=O) groups is 1. The van der Waals surface area contributed by atoms with Crippen molar-refractivity contribution in [2.45, 2.75) is 45.6 Å². The summed E-state index contributed by atoms with van der Waals surface area (Å²) in [6.45, 7) is 6.95. The summed E-state index contributed by atoms with van der Waals surface area (Å²) < 4.78 is 0. The number of aliphatic hydroxyl groups is 1. The summed E-state index contributed by atoms with van der Waals surface area (Å²) >= 11 is 0. The lowest BCUT2D eigenvalue weighted by molar-refractivity contribution is 0.206. The summed E-state index contributed by atoms with van der Waals surface area (Å²) in [6.07, 6.45) is 7.77. The van der Waals surface area contributed by atoms with Crippen molar-refractivity contribution in [1.82, 2.24) is 15.6 Å². The van der Waals surface area contributed by atoms with Crippen molar-refractivity contribution in [3.63, 3.8) is 0 Å². The number of nitrogens with zero attached hydrogens (tertiary/aromatic N) is 2. The van der Waals surface area contributed by atoms with Gasteiger partial charge < -0.3 is 20.6 Å². The monoisotopic (exact) mass is 348 g/mol. The molecule has 1 aromatic rings. The summed E-state index contributed by atoms with van der Waals surface area (Å²) in [5.74, 6) is 1.10. The molecule has 6 nitrogen and oxygen atoms in total. The van der Waals surface area contributed by atoms with Crippen molar-refractivity contribution in [2.75, 3.05) is 31.1 Å². The van der Waals surface area contributed by atoms with Crippen LogP contribution in [0.3, 0.4) is 0 Å². The first-order valence-corrected chi connectivity index (χ1v) is 9.38. The van der Waals surface area contributed by atoms with Crippen LogP contribution in [0.4, 0.5) is 10.5 Å². The molecule has 1 saturated heterocycles. The first-order chi connectivity index (χ1) is 12.1. The van der Waals surface area contributed by atoms with Crippen LogP contribution in [0.5, 0.6) is 0 Å². The van der Waals surface area contributed by atoms with Gasteiger partial charge in [0.1, 0.15) is 0 Å². The van der Waals surface area contributed by atoms with E-state index in [2.05, 4.69) is 46.5 Å². The average Bonchev–Trinajstić information content (AvgIpc) is 2.62. The normalized spacial score (nSPS) is 16.7. The third kappa shape index (κ3) is 6.90. The number of aromatic nitrogens is 1. The van der Waals surface area contributed by atoms with Gasteiger partial charge >= 0.3 is 6.03 Å². The molecule has 1 aliphatic heterocycles. The summed E-state index contributed by atoms with van der Waals surface area (Å²) in [6, 6.07) is 3.78. The fourth-order valence-corrected chi connectivity index (χ4v) is 3.41. The number of rotatable bonds is 8. The molecule has 0 spiro atoms. The molecule has 1 atom stereocenters. The van der Waals surface area contributed by atoms with E-state index in [1.807, 2.05) is 12.4 Å². The van der Waals surface area contributed by atoms with Crippen LogP contribution in [-0.2, 0) is 0 Å². The molecule has 0 radical (unpaired) electrons. The SMILES string of the molecule is CC(C)CC(CO)NC(=O)NCCC1CCN(c2ccncc2)CC1. The second-order valence-electron chi connectivity index (χ2n) is 7.33. The largest absolute Gasteiger partial charge is 0.394 e. The van der Waals surface area contributed by atoms with E-state index >= 15 is 0 Å². The second kappa shape index (κ2) is 10.2. The maximum atomic E-state index is 11.9. The second-order valence-corrected chi connectivity index (χ2v) is 7.33. The van der Waals surface area contributed by atoms with E-state index < -0.39 is 0 Å². The third-order valence-corrected chi connectivity index (χ3v) is 4.79. The fourth-order valence-electron chi connectivity index (χ4n) is 3.41. The topological polar surface area (TPSA) is 77.5 Å². The Hall–Kier alpha value is -1.82. The summed E-state index contributed by atoms with van der Waals surface area (Å²) in [7, 11) is 0. The molecule has 1 aromatic heterocycles. The van der Waals surface area contributed by atoms with Gasteiger partial charge in [-0.15, -0.1) is 0 Å². The van der Waals surface area contributed by atoms with Crippen LogP contribution >= 0.6 is 0 Å². The predicted octanol–water partition coefficient (Wildman–Crippen LogP) is 2.39. The van der Waals surface area contributed by atoms with E-state index in [1.165, 1.54) is 5.69 Å². The van der Waals surface area contributed by atoms with Crippen LogP contribution in [0.1, 0.15) is 39.5 Å². The van der Waals surface area contributed by atoms with Crippen LogP contribution in [0, 0.1) is 11.8 Å². The zero-order chi connectivity index (χ0) is 18.1. The van der Waals surface area contributed by atoms with Crippen LogP contribution in [0.25, 0.3) is 0 Å². The minimum absolute atomic E-state index is 0.0148. The molecule has 0 saturated carbocycles. The predicted molar refractivity (Wildman–Crippen MR) is 101 cm³/mol. The Bertz CT molecular complexity index is 501. The quantitative estimate of drug-likeness (QED) is 0.674. The Labute approximate surface area is 151 Å². The number of hydrogen-bond acceptors (Lipinski definition) is 4. The third-order valence-electron chi connectivity index (χ3n) is 4.79. The van der Waals surface area contributed by atoms with Crippen molar-refractivity contribution in [3.8, 4) is 0 Å². The van der Waals surface area contributed by atoms with Crippen molar-refractivity contribution in [3.05, 3.63) is 24.5 Å². The molecule has 0 aliphatic carbocycles. The molecule has 0 bridgehead atoms. The number of amides is 2. The Kier molecular flexibility index (Phi) is 7.98. The van der Waals surface area contributed by atoms with E-state index in [1.54, 1.807) is 0 Å². The van der Waals surface area contributed by atoms with E-state index in [0.29, 0.717) is 18.4 Å². The first kappa shape index (κ1) is 19.5. The first-order valence-electron chi connectivity index (χ1n) is 9.38. The number of anilines is 1. The number of piperidine rings is 1. The lowest BCUT2D eigenvalue weighted by atomic mass is 9.93. The van der Waals surface area contributed by atoms with Crippen molar-refractivity contribution in [1.29, 1.82) is 0 Å². The Morgan fingerprint density at radius 2 is 2.00 bits per heavy atom. The van der Waals surface area contributed by atoms with Crippen LogP contribution < -0.4 is 15.5 Å². The highest BCUT2D eigenvalue weighted by atomic mass is 16.3. The average molecular weight is 348 g/mol. The number of carbonyl (C=O) groups excluding carboxylic acids is 1. The van der Waals surface area contributed by atoms with Crippen LogP contribution in [0.15, 0.2) is 24.5 Å². The Morgan fingerprint density at radius 1 is 1.32 bits per heavy atom. The molecule has 2 heterocycles. The maximum Gasteiger partial charge on any atom is 0.315 e. The van der Waals surface area contributed by atoms with E-state index in [4.69, 9.17) is 0 Å². The summed E-state index contributed by atoms with van der Waals surface area (Å²) in [5.41, 5.74) is 1.24. The summed E-state index contributed by atoms with van der Waals surface area (Å²) in [5, 5.41) is 15.1. The highest BCUT2D eigenvalue weighted by Crippen LogP contribution is 2.24. The molecule has 140 valence electrons. The van der Waals surface area contributed by atoms with Gasteiger partial charge in [-0.3, -0.25) is 4.98 Å². The van der Waals surface area contributed by atoms with Gasteiger partial charge in [0.05, 0.1) is 12.6 Å². The van der Waals surface area contributed by atoms with Gasteiger partial charge in [-0.25, -0.2) is 4.79 Å². The van der Waals surface area contributed by atoms with Gasteiger partial charge in [0.15, 0.2) is 0 Å². The highest BCUT2D eigenvalue weighted by molar-refractivity contribution is 5.74. The van der Waals surface area contributed by atoms with Gasteiger partial charge in [-0.2, -0.15) is 0 Å². The molecule has 1 aliphatic rings. The van der Waals surface area contributed by atoms with Crippen LogP contribution in [0.2, 0.25) is 0 Å². The van der Waals surface area contributed by atoms with Crippen molar-refractivity contribution < 1.29 is 9.90 Å². The zero-order valence-electron chi connectivity index (χ0n) is 15.4. The standard InChI is InChI=1S/C19H32N4O2/c1-15(2)13-17(14-24)22-19(25)21-10-3-16-6-11-23(12-7-16)18-4-8-20-9-5-18/h4-5,8-9,15-17,24H,3,6-7,10-14H2,1-2H3,(H2,21,22,25). The number of nitrogens with one attached hydrogen (secondary N) is 2. The van der Waals surface area contributed by atoms with Crippen molar-refractivity contribution >= 4 is 11.7 Å². The fraction of sp³-hybridized carbons (Fsp3) is 0.684. The lowest BCUT2D eigenvalue weighted by Gasteiger charge is -2.33. The summed E-state index contributed by atoms with van der Waals surface area (Å²) in [4.78, 5) is 18.4. The number of hydrogen-bond donors (Lipinski definition) is 3. The van der Waals surface area contributed by atoms with Gasteiger partial charge in [0, 0.05) is 37.7 Å². The molecule has 1 fully saturated rings. The van der Waals surface area contributed by atoms with Crippen molar-refractivity contribution in [2.24, 2.45) is 11.8 Å². The molecule has 2 amide bonds. The van der Waals surface area contributed by atoms with E-state index in [9.17, 15) is 9.90 Å². The molecular formula is C19H32N4O2. The Balaban J connectivity index is 1.62. The molecule has 6 heteroatoms. The van der Waals surface area contributed by atoms with E-state index in [0.717, 1.165) is 38.8 Å². The molecule has 3 N–H and O–H groups in total. The highest BCUT2D eigenvalue weighted by Gasteiger charge is 2.19. The lowest BCUT2D eigenvalue weighted by Crippen LogP contribution is -2.45. The molecule has 2 rings (SSSR count). The van der Waals surface area contributed by atoms with Gasteiger partial charge in [-0.05, 0) is 49.7 Å². The zero-order valence-corrected chi connectivity index (χ0v) is 15.4. The Morgan fingerprint density at radius 3 is 2.60 bits per heavy atom. The molecule has 25 heavy (non-hydrogen) atoms. The molecular weight excluding hydrogens is 316 g/mol.